The Morgan fingerprint density at radius 2 is 1.09 bits per heavy atom. The van der Waals surface area contributed by atoms with Crippen LogP contribution in [0.15, 0.2) is 0 Å². The molecule has 202 valence electrons. The van der Waals surface area contributed by atoms with E-state index in [1.807, 2.05) is 6.92 Å². The van der Waals surface area contributed by atoms with Gasteiger partial charge in [-0.25, -0.2) is 4.57 Å². The zero-order valence-electron chi connectivity index (χ0n) is 21.5. The number of rotatable bonds is 24. The highest BCUT2D eigenvalue weighted by Gasteiger charge is 2.22. The van der Waals surface area contributed by atoms with Gasteiger partial charge in [-0.1, -0.05) is 104 Å². The first-order valence-corrected chi connectivity index (χ1v) is 14.9. The van der Waals surface area contributed by atoms with Crippen LogP contribution >= 0.6 is 7.82 Å². The van der Waals surface area contributed by atoms with Gasteiger partial charge in [0.2, 0.25) is 0 Å². The van der Waals surface area contributed by atoms with Gasteiger partial charge >= 0.3 is 19.8 Å². The van der Waals surface area contributed by atoms with Crippen LogP contribution in [-0.2, 0) is 28.2 Å². The summed E-state index contributed by atoms with van der Waals surface area (Å²) in [5.41, 5.74) is 0. The Hall–Kier alpha value is -0.950. The molecule has 0 aromatic carbocycles. The molecular weight excluding hydrogens is 459 g/mol. The normalized spacial score (nSPS) is 12.5. The molecule has 1 atom stereocenters. The Kier molecular flexibility index (Phi) is 21.9. The Balaban J connectivity index is 3.88. The number of phosphoric ester groups is 1. The van der Waals surface area contributed by atoms with Crippen LogP contribution in [0, 0.1) is 0 Å². The number of hydrogen-bond acceptors (Lipinski definition) is 6. The molecule has 2 N–H and O–H groups in total. The number of phosphoric acid groups is 1. The van der Waals surface area contributed by atoms with Crippen molar-refractivity contribution in [2.24, 2.45) is 0 Å². The number of carbonyl (C=O) groups is 2. The van der Waals surface area contributed by atoms with Crippen LogP contribution in [0.25, 0.3) is 0 Å². The van der Waals surface area contributed by atoms with Crippen LogP contribution in [0.2, 0.25) is 0 Å². The largest absolute Gasteiger partial charge is 0.469 e. The molecule has 9 heteroatoms. The summed E-state index contributed by atoms with van der Waals surface area (Å²) in [7, 11) is -4.71. The lowest BCUT2D eigenvalue weighted by molar-refractivity contribution is -0.161. The predicted octanol–water partition coefficient (Wildman–Crippen LogP) is 6.61. The van der Waals surface area contributed by atoms with Gasteiger partial charge in [0.15, 0.2) is 6.10 Å². The highest BCUT2D eigenvalue weighted by atomic mass is 31.2. The fraction of sp³-hybridized carbons (Fsp3) is 0.920. The summed E-state index contributed by atoms with van der Waals surface area (Å²) in [6, 6.07) is 0. The van der Waals surface area contributed by atoms with E-state index in [4.69, 9.17) is 19.3 Å². The molecule has 0 saturated heterocycles. The summed E-state index contributed by atoms with van der Waals surface area (Å²) in [6.45, 7) is 3.37. The van der Waals surface area contributed by atoms with Crippen molar-refractivity contribution < 1.29 is 37.9 Å². The molecule has 0 aliphatic rings. The van der Waals surface area contributed by atoms with E-state index in [1.165, 1.54) is 64.2 Å². The molecule has 0 aliphatic carbocycles. The molecule has 0 bridgehead atoms. The van der Waals surface area contributed by atoms with Crippen molar-refractivity contribution in [1.29, 1.82) is 0 Å². The van der Waals surface area contributed by atoms with Crippen molar-refractivity contribution in [1.82, 2.24) is 0 Å². The molecule has 0 amide bonds. The van der Waals surface area contributed by atoms with E-state index < -0.39 is 32.5 Å². The zero-order valence-corrected chi connectivity index (χ0v) is 22.4. The standard InChI is InChI=1S/C25H49O8P/c1-3-5-7-8-9-10-11-12-13-14-15-16-17-18-20-25(27)33-23(22-32-34(28,29)30)21-31-24(26)19-6-4-2/h23H,3-22H2,1-2H3,(H2,28,29,30). The monoisotopic (exact) mass is 508 g/mol. The highest BCUT2D eigenvalue weighted by Crippen LogP contribution is 2.35. The van der Waals surface area contributed by atoms with Crippen LogP contribution < -0.4 is 0 Å². The minimum atomic E-state index is -4.71. The molecule has 34 heavy (non-hydrogen) atoms. The third kappa shape index (κ3) is 24.2. The smallest absolute Gasteiger partial charge is 0.462 e. The molecule has 0 aromatic heterocycles. The van der Waals surface area contributed by atoms with Crippen molar-refractivity contribution in [3.8, 4) is 0 Å². The maximum atomic E-state index is 12.1. The Labute approximate surface area is 206 Å². The van der Waals surface area contributed by atoms with E-state index in [9.17, 15) is 14.2 Å². The minimum absolute atomic E-state index is 0.216. The summed E-state index contributed by atoms with van der Waals surface area (Å²) in [5, 5.41) is 0. The molecule has 0 fully saturated rings. The van der Waals surface area contributed by atoms with E-state index in [0.717, 1.165) is 25.7 Å². The van der Waals surface area contributed by atoms with E-state index in [1.54, 1.807) is 0 Å². The first-order valence-electron chi connectivity index (χ1n) is 13.3. The van der Waals surface area contributed by atoms with E-state index in [0.29, 0.717) is 12.8 Å². The number of hydrogen-bond donors (Lipinski definition) is 2. The third-order valence-electron chi connectivity index (χ3n) is 5.63. The molecule has 0 spiro atoms. The lowest BCUT2D eigenvalue weighted by atomic mass is 10.0. The summed E-state index contributed by atoms with van der Waals surface area (Å²) in [5.74, 6) is -0.922. The Bertz CT molecular complexity index is 549. The van der Waals surface area contributed by atoms with Crippen LogP contribution in [-0.4, -0.2) is 41.0 Å². The molecular formula is C25H49O8P. The lowest BCUT2D eigenvalue weighted by Crippen LogP contribution is -2.29. The molecule has 1 unspecified atom stereocenters. The summed E-state index contributed by atoms with van der Waals surface area (Å²) < 4.78 is 25.7. The van der Waals surface area contributed by atoms with E-state index in [2.05, 4.69) is 11.4 Å². The summed E-state index contributed by atoms with van der Waals surface area (Å²) in [6.07, 6.45) is 18.1. The number of esters is 2. The molecule has 0 rings (SSSR count). The van der Waals surface area contributed by atoms with Gasteiger partial charge in [-0.15, -0.1) is 0 Å². The maximum Gasteiger partial charge on any atom is 0.469 e. The first-order chi connectivity index (χ1) is 16.3. The van der Waals surface area contributed by atoms with Crippen molar-refractivity contribution in [2.45, 2.75) is 136 Å². The maximum absolute atomic E-state index is 12.1. The van der Waals surface area contributed by atoms with Gasteiger partial charge in [0.25, 0.3) is 0 Å². The van der Waals surface area contributed by atoms with Crippen LogP contribution in [0.3, 0.4) is 0 Å². The van der Waals surface area contributed by atoms with Gasteiger partial charge in [0, 0.05) is 12.8 Å². The van der Waals surface area contributed by atoms with Gasteiger partial charge < -0.3 is 19.3 Å². The average molecular weight is 509 g/mol. The van der Waals surface area contributed by atoms with Crippen LogP contribution in [0.4, 0.5) is 0 Å². The van der Waals surface area contributed by atoms with Gasteiger partial charge in [-0.3, -0.25) is 14.1 Å². The quantitative estimate of drug-likeness (QED) is 0.0849. The zero-order chi connectivity index (χ0) is 25.5. The van der Waals surface area contributed by atoms with Crippen LogP contribution in [0.5, 0.6) is 0 Å². The Morgan fingerprint density at radius 1 is 0.647 bits per heavy atom. The summed E-state index contributed by atoms with van der Waals surface area (Å²) in [4.78, 5) is 41.5. The fourth-order valence-electron chi connectivity index (χ4n) is 3.58. The molecule has 8 nitrogen and oxygen atoms in total. The Morgan fingerprint density at radius 3 is 1.56 bits per heavy atom. The van der Waals surface area contributed by atoms with Crippen molar-refractivity contribution in [3.63, 3.8) is 0 Å². The number of carbonyl (C=O) groups excluding carboxylic acids is 2. The van der Waals surface area contributed by atoms with Crippen LogP contribution in [0.1, 0.15) is 129 Å². The highest BCUT2D eigenvalue weighted by molar-refractivity contribution is 7.46. The minimum Gasteiger partial charge on any atom is -0.462 e. The van der Waals surface area contributed by atoms with Crippen molar-refractivity contribution in [2.75, 3.05) is 13.2 Å². The topological polar surface area (TPSA) is 119 Å². The molecule has 0 aliphatic heterocycles. The van der Waals surface area contributed by atoms with Crippen molar-refractivity contribution >= 4 is 19.8 Å². The number of unbranched alkanes of at least 4 members (excludes halogenated alkanes) is 14. The lowest BCUT2D eigenvalue weighted by Gasteiger charge is -2.18. The molecule has 0 heterocycles. The molecule has 0 aromatic rings. The number of ether oxygens (including phenoxy) is 2. The van der Waals surface area contributed by atoms with Gasteiger partial charge in [0.05, 0.1) is 6.61 Å². The molecule has 0 radical (unpaired) electrons. The second-order valence-electron chi connectivity index (χ2n) is 9.03. The second-order valence-corrected chi connectivity index (χ2v) is 10.3. The van der Waals surface area contributed by atoms with Crippen molar-refractivity contribution in [3.05, 3.63) is 0 Å². The van der Waals surface area contributed by atoms with Gasteiger partial charge in [0.1, 0.15) is 6.61 Å². The van der Waals surface area contributed by atoms with Gasteiger partial charge in [-0.05, 0) is 12.8 Å². The second kappa shape index (κ2) is 22.5. The van der Waals surface area contributed by atoms with E-state index >= 15 is 0 Å². The average Bonchev–Trinajstić information content (AvgIpc) is 2.79. The molecule has 0 saturated carbocycles. The third-order valence-corrected chi connectivity index (χ3v) is 6.11. The predicted molar refractivity (Wildman–Crippen MR) is 133 cm³/mol. The van der Waals surface area contributed by atoms with Gasteiger partial charge in [-0.2, -0.15) is 0 Å². The first kappa shape index (κ1) is 33.0. The fourth-order valence-corrected chi connectivity index (χ4v) is 3.94. The SMILES string of the molecule is CCCCCCCCCCCCCCCCC(=O)OC(COC(=O)CCCC)COP(=O)(O)O. The summed E-state index contributed by atoms with van der Waals surface area (Å²) >= 11 is 0. The van der Waals surface area contributed by atoms with E-state index in [-0.39, 0.29) is 19.4 Å².